The Morgan fingerprint density at radius 2 is 2.16 bits per heavy atom. The van der Waals surface area contributed by atoms with Gasteiger partial charge in [-0.15, -0.1) is 0 Å². The maximum Gasteiger partial charge on any atom is 0.219 e. The van der Waals surface area contributed by atoms with Crippen molar-refractivity contribution in [2.75, 3.05) is 7.11 Å². The Labute approximate surface area is 116 Å². The molecule has 4 nitrogen and oxygen atoms in total. The van der Waals surface area contributed by atoms with Crippen molar-refractivity contribution in [3.63, 3.8) is 0 Å². The molecule has 0 saturated carbocycles. The van der Waals surface area contributed by atoms with Gasteiger partial charge in [0.25, 0.3) is 0 Å². The lowest BCUT2D eigenvalue weighted by molar-refractivity contribution is 0.293. The molecule has 0 atom stereocenters. The first-order valence-electron chi connectivity index (χ1n) is 5.55. The van der Waals surface area contributed by atoms with Crippen molar-refractivity contribution in [1.29, 1.82) is 5.26 Å². The number of ether oxygens (including phenoxy) is 2. The van der Waals surface area contributed by atoms with Crippen LogP contribution in [0.4, 0.5) is 0 Å². The predicted octanol–water partition coefficient (Wildman–Crippen LogP) is 3.19. The molecule has 0 aliphatic carbocycles. The molecule has 0 amide bonds. The first-order valence-corrected chi connectivity index (χ1v) is 5.93. The third-order valence-electron chi connectivity index (χ3n) is 2.51. The minimum atomic E-state index is 0.256. The zero-order valence-electron chi connectivity index (χ0n) is 10.3. The Hall–Kier alpha value is -2.25. The van der Waals surface area contributed by atoms with E-state index in [1.54, 1.807) is 37.6 Å². The number of halogens is 1. The zero-order chi connectivity index (χ0) is 13.7. The smallest absolute Gasteiger partial charge is 0.219 e. The summed E-state index contributed by atoms with van der Waals surface area (Å²) in [5.74, 6) is 0.948. The van der Waals surface area contributed by atoms with Gasteiger partial charge in [0.15, 0.2) is 0 Å². The van der Waals surface area contributed by atoms with Crippen LogP contribution >= 0.6 is 11.6 Å². The number of aromatic nitrogens is 1. The molecule has 1 heterocycles. The number of nitrogens with zero attached hydrogens (tertiary/aromatic N) is 2. The molecule has 0 bridgehead atoms. The highest BCUT2D eigenvalue weighted by molar-refractivity contribution is 6.31. The molecule has 0 aliphatic heterocycles. The van der Waals surface area contributed by atoms with Gasteiger partial charge in [0, 0.05) is 6.20 Å². The van der Waals surface area contributed by atoms with E-state index in [0.29, 0.717) is 22.2 Å². The van der Waals surface area contributed by atoms with E-state index in [-0.39, 0.29) is 6.61 Å². The third kappa shape index (κ3) is 2.95. The van der Waals surface area contributed by atoms with Gasteiger partial charge in [-0.3, -0.25) is 0 Å². The van der Waals surface area contributed by atoms with Gasteiger partial charge in [-0.2, -0.15) is 5.26 Å². The summed E-state index contributed by atoms with van der Waals surface area (Å²) in [5.41, 5.74) is 1.13. The van der Waals surface area contributed by atoms with E-state index in [1.165, 1.54) is 0 Å². The fourth-order valence-corrected chi connectivity index (χ4v) is 1.81. The van der Waals surface area contributed by atoms with E-state index in [4.69, 9.17) is 26.3 Å². The molecule has 0 aliphatic rings. The Morgan fingerprint density at radius 3 is 2.89 bits per heavy atom. The SMILES string of the molecule is COc1ncccc1COc1cccc(Cl)c1C#N. The molecule has 0 fully saturated rings. The highest BCUT2D eigenvalue weighted by atomic mass is 35.5. The Balaban J connectivity index is 2.20. The molecular formula is C14H11ClN2O2. The Bertz CT molecular complexity index is 623. The summed E-state index contributed by atoms with van der Waals surface area (Å²) in [5, 5.41) is 9.42. The second kappa shape index (κ2) is 6.07. The predicted molar refractivity (Wildman–Crippen MR) is 71.3 cm³/mol. The molecule has 0 N–H and O–H groups in total. The number of rotatable bonds is 4. The van der Waals surface area contributed by atoms with Crippen LogP contribution in [0.5, 0.6) is 11.6 Å². The number of benzene rings is 1. The summed E-state index contributed by atoms with van der Waals surface area (Å²) in [6.07, 6.45) is 1.64. The van der Waals surface area contributed by atoms with Crippen LogP contribution in [0.15, 0.2) is 36.5 Å². The molecule has 19 heavy (non-hydrogen) atoms. The number of hydrogen-bond donors (Lipinski definition) is 0. The lowest BCUT2D eigenvalue weighted by atomic mass is 10.2. The maximum atomic E-state index is 9.05. The standard InChI is InChI=1S/C14H11ClN2O2/c1-18-14-10(4-3-7-17-14)9-19-13-6-2-5-12(15)11(13)8-16/h2-7H,9H2,1H3. The van der Waals surface area contributed by atoms with Crippen LogP contribution < -0.4 is 9.47 Å². The van der Waals surface area contributed by atoms with E-state index in [1.807, 2.05) is 12.1 Å². The van der Waals surface area contributed by atoms with Gasteiger partial charge >= 0.3 is 0 Å². The van der Waals surface area contributed by atoms with Gasteiger partial charge < -0.3 is 9.47 Å². The number of pyridine rings is 1. The summed E-state index contributed by atoms with van der Waals surface area (Å²) < 4.78 is 10.7. The van der Waals surface area contributed by atoms with E-state index in [9.17, 15) is 0 Å². The van der Waals surface area contributed by atoms with Crippen molar-refractivity contribution < 1.29 is 9.47 Å². The number of hydrogen-bond acceptors (Lipinski definition) is 4. The fraction of sp³-hybridized carbons (Fsp3) is 0.143. The first-order chi connectivity index (χ1) is 9.26. The Morgan fingerprint density at radius 1 is 1.32 bits per heavy atom. The van der Waals surface area contributed by atoms with Gasteiger partial charge in [0.1, 0.15) is 24.0 Å². The summed E-state index contributed by atoms with van der Waals surface area (Å²) in [7, 11) is 1.55. The van der Waals surface area contributed by atoms with Gasteiger partial charge in [-0.1, -0.05) is 17.7 Å². The minimum absolute atomic E-state index is 0.256. The zero-order valence-corrected chi connectivity index (χ0v) is 11.0. The average Bonchev–Trinajstić information content (AvgIpc) is 2.45. The highest BCUT2D eigenvalue weighted by Crippen LogP contribution is 2.26. The monoisotopic (exact) mass is 274 g/mol. The normalized spacial score (nSPS) is 9.74. The van der Waals surface area contributed by atoms with E-state index < -0.39 is 0 Å². The topological polar surface area (TPSA) is 55.1 Å². The molecule has 0 unspecified atom stereocenters. The summed E-state index contributed by atoms with van der Waals surface area (Å²) >= 11 is 5.93. The Kier molecular flexibility index (Phi) is 4.22. The fourth-order valence-electron chi connectivity index (χ4n) is 1.61. The first kappa shape index (κ1) is 13.2. The van der Waals surface area contributed by atoms with Crippen LogP contribution in [0, 0.1) is 11.3 Å². The van der Waals surface area contributed by atoms with Gasteiger partial charge in [-0.05, 0) is 24.3 Å². The maximum absolute atomic E-state index is 9.05. The van der Waals surface area contributed by atoms with E-state index >= 15 is 0 Å². The molecule has 0 radical (unpaired) electrons. The number of methoxy groups -OCH3 is 1. The van der Waals surface area contributed by atoms with E-state index in [0.717, 1.165) is 5.56 Å². The van der Waals surface area contributed by atoms with Crippen molar-refractivity contribution in [2.45, 2.75) is 6.61 Å². The summed E-state index contributed by atoms with van der Waals surface area (Å²) in [4.78, 5) is 4.08. The van der Waals surface area contributed by atoms with Crippen molar-refractivity contribution >= 4 is 11.6 Å². The second-order valence-electron chi connectivity index (χ2n) is 3.69. The molecule has 5 heteroatoms. The van der Waals surface area contributed by atoms with Crippen molar-refractivity contribution in [2.24, 2.45) is 0 Å². The van der Waals surface area contributed by atoms with Crippen LogP contribution in [0.3, 0.4) is 0 Å². The van der Waals surface area contributed by atoms with Crippen LogP contribution in [0.2, 0.25) is 5.02 Å². The molecule has 0 saturated heterocycles. The van der Waals surface area contributed by atoms with Crippen molar-refractivity contribution in [3.8, 4) is 17.7 Å². The van der Waals surface area contributed by atoms with Crippen LogP contribution in [-0.2, 0) is 6.61 Å². The van der Waals surface area contributed by atoms with Crippen LogP contribution in [0.25, 0.3) is 0 Å². The third-order valence-corrected chi connectivity index (χ3v) is 2.83. The summed E-state index contributed by atoms with van der Waals surface area (Å²) in [6, 6.07) is 10.8. The largest absolute Gasteiger partial charge is 0.487 e. The van der Waals surface area contributed by atoms with Crippen molar-refractivity contribution in [3.05, 3.63) is 52.7 Å². The average molecular weight is 275 g/mol. The molecule has 1 aromatic carbocycles. The van der Waals surface area contributed by atoms with E-state index in [2.05, 4.69) is 4.98 Å². The van der Waals surface area contributed by atoms with Crippen LogP contribution in [-0.4, -0.2) is 12.1 Å². The lowest BCUT2D eigenvalue weighted by Gasteiger charge is -2.10. The molecule has 2 aromatic rings. The number of nitriles is 1. The molecule has 96 valence electrons. The quantitative estimate of drug-likeness (QED) is 0.859. The van der Waals surface area contributed by atoms with Crippen molar-refractivity contribution in [1.82, 2.24) is 4.98 Å². The molecule has 0 spiro atoms. The minimum Gasteiger partial charge on any atom is -0.487 e. The van der Waals surface area contributed by atoms with Gasteiger partial charge in [-0.25, -0.2) is 4.98 Å². The van der Waals surface area contributed by atoms with Crippen LogP contribution in [0.1, 0.15) is 11.1 Å². The second-order valence-corrected chi connectivity index (χ2v) is 4.09. The van der Waals surface area contributed by atoms with Gasteiger partial charge in [0.2, 0.25) is 5.88 Å². The molecule has 2 rings (SSSR count). The van der Waals surface area contributed by atoms with Gasteiger partial charge in [0.05, 0.1) is 17.7 Å². The molecular weight excluding hydrogens is 264 g/mol. The molecule has 1 aromatic heterocycles. The lowest BCUT2D eigenvalue weighted by Crippen LogP contribution is -2.01. The highest BCUT2D eigenvalue weighted by Gasteiger charge is 2.09. The summed E-state index contributed by atoms with van der Waals surface area (Å²) in [6.45, 7) is 0.256.